The van der Waals surface area contributed by atoms with Crippen molar-refractivity contribution >= 4 is 33.4 Å². The van der Waals surface area contributed by atoms with Crippen molar-refractivity contribution in [2.24, 2.45) is 0 Å². The van der Waals surface area contributed by atoms with Crippen LogP contribution in [0, 0.1) is 11.3 Å². The van der Waals surface area contributed by atoms with Crippen molar-refractivity contribution in [3.63, 3.8) is 0 Å². The van der Waals surface area contributed by atoms with Gasteiger partial charge in [0, 0.05) is 10.7 Å². The van der Waals surface area contributed by atoms with E-state index in [1.807, 2.05) is 12.1 Å². The summed E-state index contributed by atoms with van der Waals surface area (Å²) in [4.78, 5) is 8.34. The van der Waals surface area contributed by atoms with Crippen LogP contribution in [0.4, 0.5) is 5.69 Å². The minimum absolute atomic E-state index is 0.458. The predicted octanol–water partition coefficient (Wildman–Crippen LogP) is 2.84. The summed E-state index contributed by atoms with van der Waals surface area (Å²) in [5, 5.41) is 10.4. The molecule has 0 fully saturated rings. The van der Waals surface area contributed by atoms with Crippen LogP contribution in [-0.4, -0.2) is 9.97 Å². The van der Waals surface area contributed by atoms with E-state index in [9.17, 15) is 0 Å². The molecule has 0 spiro atoms. The molecule has 0 saturated carbocycles. The van der Waals surface area contributed by atoms with Crippen LogP contribution in [0.1, 0.15) is 5.56 Å². The quantitative estimate of drug-likeness (QED) is 0.923. The molecular formula is C11H7BrN4S. The largest absolute Gasteiger partial charge is 0.397 e. The average Bonchev–Trinajstić information content (AvgIpc) is 2.34. The summed E-state index contributed by atoms with van der Waals surface area (Å²) in [5.74, 6) is 0. The van der Waals surface area contributed by atoms with Gasteiger partial charge in [0.2, 0.25) is 0 Å². The predicted molar refractivity (Wildman–Crippen MR) is 69.4 cm³/mol. The number of nitrogens with two attached hydrogens (primary N) is 1. The van der Waals surface area contributed by atoms with Crippen molar-refractivity contribution in [2.45, 2.75) is 10.1 Å². The standard InChI is InChI=1S/C11H7BrN4S/c12-8-1-2-10(15-5-8)17-11-7(4-13)3-9(14)6-16-11/h1-3,5-6H,14H2. The maximum Gasteiger partial charge on any atom is 0.120 e. The van der Waals surface area contributed by atoms with Crippen molar-refractivity contribution in [1.29, 1.82) is 5.26 Å². The second-order valence-corrected chi connectivity index (χ2v) is 5.07. The lowest BCUT2D eigenvalue weighted by Crippen LogP contribution is -1.92. The zero-order valence-electron chi connectivity index (χ0n) is 8.59. The first-order chi connectivity index (χ1) is 8.19. The Hall–Kier alpha value is -1.58. The number of hydrogen-bond donors (Lipinski definition) is 1. The zero-order chi connectivity index (χ0) is 12.3. The van der Waals surface area contributed by atoms with Crippen LogP contribution in [-0.2, 0) is 0 Å². The smallest absolute Gasteiger partial charge is 0.120 e. The molecule has 2 rings (SSSR count). The van der Waals surface area contributed by atoms with Crippen LogP contribution in [0.2, 0.25) is 0 Å². The Morgan fingerprint density at radius 2 is 2.12 bits per heavy atom. The van der Waals surface area contributed by atoms with Gasteiger partial charge in [0.25, 0.3) is 0 Å². The molecular weight excluding hydrogens is 300 g/mol. The Bertz CT molecular complexity index is 577. The first-order valence-electron chi connectivity index (χ1n) is 4.64. The molecule has 2 aromatic rings. The Balaban J connectivity index is 2.30. The number of hydrogen-bond acceptors (Lipinski definition) is 5. The summed E-state index contributed by atoms with van der Waals surface area (Å²) < 4.78 is 0.910. The number of nitriles is 1. The molecule has 0 radical (unpaired) electrons. The number of anilines is 1. The van der Waals surface area contributed by atoms with E-state index >= 15 is 0 Å². The lowest BCUT2D eigenvalue weighted by Gasteiger charge is -2.03. The van der Waals surface area contributed by atoms with Crippen LogP contribution in [0.15, 0.2) is 45.1 Å². The van der Waals surface area contributed by atoms with Gasteiger partial charge in [-0.15, -0.1) is 0 Å². The van der Waals surface area contributed by atoms with E-state index in [0.29, 0.717) is 16.3 Å². The third-order valence-corrected chi connectivity index (χ3v) is 3.33. The molecule has 0 atom stereocenters. The summed E-state index contributed by atoms with van der Waals surface area (Å²) in [5.41, 5.74) is 6.51. The number of halogens is 1. The van der Waals surface area contributed by atoms with E-state index in [-0.39, 0.29) is 0 Å². The van der Waals surface area contributed by atoms with Crippen LogP contribution >= 0.6 is 27.7 Å². The van der Waals surface area contributed by atoms with Crippen molar-refractivity contribution in [1.82, 2.24) is 9.97 Å². The van der Waals surface area contributed by atoms with E-state index in [2.05, 4.69) is 32.0 Å². The lowest BCUT2D eigenvalue weighted by atomic mass is 10.3. The maximum atomic E-state index is 8.98. The van der Waals surface area contributed by atoms with Gasteiger partial charge in [0.1, 0.15) is 16.1 Å². The number of pyridine rings is 2. The zero-order valence-corrected chi connectivity index (χ0v) is 11.0. The van der Waals surface area contributed by atoms with Gasteiger partial charge in [-0.1, -0.05) is 0 Å². The third kappa shape index (κ3) is 2.96. The van der Waals surface area contributed by atoms with Gasteiger partial charge in [-0.05, 0) is 45.9 Å². The first kappa shape index (κ1) is 11.9. The van der Waals surface area contributed by atoms with E-state index in [1.165, 1.54) is 18.0 Å². The first-order valence-corrected chi connectivity index (χ1v) is 6.25. The normalized spacial score (nSPS) is 9.88. The molecule has 0 amide bonds. The molecule has 17 heavy (non-hydrogen) atoms. The second kappa shape index (κ2) is 5.17. The van der Waals surface area contributed by atoms with Crippen LogP contribution < -0.4 is 5.73 Å². The molecule has 84 valence electrons. The average molecular weight is 307 g/mol. The second-order valence-electron chi connectivity index (χ2n) is 3.15. The van der Waals surface area contributed by atoms with E-state index in [1.54, 1.807) is 12.3 Å². The Labute approximate surface area is 111 Å². The molecule has 0 bridgehead atoms. The molecule has 2 aromatic heterocycles. The van der Waals surface area contributed by atoms with Gasteiger partial charge < -0.3 is 5.73 Å². The SMILES string of the molecule is N#Cc1cc(N)cnc1Sc1ccc(Br)cn1. The highest BCUT2D eigenvalue weighted by Gasteiger charge is 2.07. The minimum atomic E-state index is 0.458. The molecule has 2 heterocycles. The van der Waals surface area contributed by atoms with Crippen molar-refractivity contribution < 1.29 is 0 Å². The molecule has 0 aliphatic heterocycles. The van der Waals surface area contributed by atoms with Gasteiger partial charge in [0.05, 0.1) is 17.4 Å². The fraction of sp³-hybridized carbons (Fsp3) is 0. The van der Waals surface area contributed by atoms with Crippen molar-refractivity contribution in [3.8, 4) is 6.07 Å². The third-order valence-electron chi connectivity index (χ3n) is 1.89. The number of nitrogens with zero attached hydrogens (tertiary/aromatic N) is 3. The highest BCUT2D eigenvalue weighted by molar-refractivity contribution is 9.10. The highest BCUT2D eigenvalue weighted by Crippen LogP contribution is 2.28. The Kier molecular flexibility index (Phi) is 3.61. The van der Waals surface area contributed by atoms with E-state index < -0.39 is 0 Å². The molecule has 6 heteroatoms. The van der Waals surface area contributed by atoms with Gasteiger partial charge in [-0.2, -0.15) is 5.26 Å². The van der Waals surface area contributed by atoms with E-state index in [4.69, 9.17) is 11.0 Å². The molecule has 4 nitrogen and oxygen atoms in total. The molecule has 0 aliphatic carbocycles. The van der Waals surface area contributed by atoms with Crippen molar-refractivity contribution in [3.05, 3.63) is 40.6 Å². The molecule has 0 saturated heterocycles. The monoisotopic (exact) mass is 306 g/mol. The fourth-order valence-electron chi connectivity index (χ4n) is 1.15. The number of rotatable bonds is 2. The Morgan fingerprint density at radius 3 is 2.76 bits per heavy atom. The van der Waals surface area contributed by atoms with Crippen LogP contribution in [0.3, 0.4) is 0 Å². The summed E-state index contributed by atoms with van der Waals surface area (Å²) >= 11 is 4.65. The molecule has 0 unspecified atom stereocenters. The minimum Gasteiger partial charge on any atom is -0.397 e. The van der Waals surface area contributed by atoms with E-state index in [0.717, 1.165) is 9.50 Å². The van der Waals surface area contributed by atoms with Gasteiger partial charge in [-0.25, -0.2) is 9.97 Å². The van der Waals surface area contributed by atoms with Crippen LogP contribution in [0.25, 0.3) is 0 Å². The summed E-state index contributed by atoms with van der Waals surface area (Å²) in [6.07, 6.45) is 3.23. The van der Waals surface area contributed by atoms with Gasteiger partial charge in [0.15, 0.2) is 0 Å². The summed E-state index contributed by atoms with van der Waals surface area (Å²) in [7, 11) is 0. The fourth-order valence-corrected chi connectivity index (χ4v) is 2.15. The van der Waals surface area contributed by atoms with Crippen molar-refractivity contribution in [2.75, 3.05) is 5.73 Å². The molecule has 2 N–H and O–H groups in total. The maximum absolute atomic E-state index is 8.98. The van der Waals surface area contributed by atoms with Gasteiger partial charge >= 0.3 is 0 Å². The van der Waals surface area contributed by atoms with Crippen LogP contribution in [0.5, 0.6) is 0 Å². The lowest BCUT2D eigenvalue weighted by molar-refractivity contribution is 1.08. The number of aromatic nitrogens is 2. The summed E-state index contributed by atoms with van der Waals surface area (Å²) in [6, 6.07) is 7.42. The highest BCUT2D eigenvalue weighted by atomic mass is 79.9. The number of nitrogen functional groups attached to an aromatic ring is 1. The Morgan fingerprint density at radius 1 is 1.29 bits per heavy atom. The topological polar surface area (TPSA) is 75.6 Å². The molecule has 0 aliphatic rings. The van der Waals surface area contributed by atoms with Gasteiger partial charge in [-0.3, -0.25) is 0 Å². The summed E-state index contributed by atoms with van der Waals surface area (Å²) in [6.45, 7) is 0. The molecule has 0 aromatic carbocycles.